The first-order chi connectivity index (χ1) is 8.02. The summed E-state index contributed by atoms with van der Waals surface area (Å²) in [5, 5.41) is 19.8. The van der Waals surface area contributed by atoms with Crippen LogP contribution in [0.1, 0.15) is 10.4 Å². The van der Waals surface area contributed by atoms with E-state index >= 15 is 0 Å². The number of aromatic carboxylic acids is 1. The van der Waals surface area contributed by atoms with Gasteiger partial charge in [0.15, 0.2) is 0 Å². The molecule has 2 aromatic rings. The predicted molar refractivity (Wildman–Crippen MR) is 55.3 cm³/mol. The number of nitro benzene ring substituents is 1. The van der Waals surface area contributed by atoms with Crippen LogP contribution in [0.3, 0.4) is 0 Å². The summed E-state index contributed by atoms with van der Waals surface area (Å²) in [7, 11) is 0. The third kappa shape index (κ3) is 1.67. The lowest BCUT2D eigenvalue weighted by Crippen LogP contribution is -2.05. The topological polar surface area (TPSA) is 93.3 Å². The maximum Gasteiger partial charge on any atom is 0.339 e. The van der Waals surface area contributed by atoms with Crippen LogP contribution in [-0.2, 0) is 0 Å². The van der Waals surface area contributed by atoms with E-state index in [1.807, 2.05) is 0 Å². The van der Waals surface area contributed by atoms with Gasteiger partial charge >= 0.3 is 11.7 Å². The molecule has 0 spiro atoms. The van der Waals surface area contributed by atoms with Crippen molar-refractivity contribution in [3.05, 3.63) is 46.0 Å². The fourth-order valence-electron chi connectivity index (χ4n) is 1.55. The van der Waals surface area contributed by atoms with Gasteiger partial charge in [-0.15, -0.1) is 0 Å². The number of hydrogen-bond donors (Lipinski definition) is 1. The summed E-state index contributed by atoms with van der Waals surface area (Å²) in [4.78, 5) is 24.3. The average molecular weight is 236 g/mol. The van der Waals surface area contributed by atoms with Gasteiger partial charge in [0.25, 0.3) is 0 Å². The summed E-state index contributed by atoms with van der Waals surface area (Å²) >= 11 is 0. The summed E-state index contributed by atoms with van der Waals surface area (Å²) in [5.74, 6) is -2.90. The molecule has 0 saturated carbocycles. The first-order valence-electron chi connectivity index (χ1n) is 4.46. The van der Waals surface area contributed by atoms with E-state index in [1.165, 1.54) is 18.5 Å². The Labute approximate surface area is 93.5 Å². The van der Waals surface area contributed by atoms with Gasteiger partial charge in [-0.3, -0.25) is 15.1 Å². The molecule has 6 nitrogen and oxygen atoms in total. The smallest absolute Gasteiger partial charge is 0.339 e. The lowest BCUT2D eigenvalue weighted by molar-refractivity contribution is -0.387. The van der Waals surface area contributed by atoms with Gasteiger partial charge in [0.05, 0.1) is 4.92 Å². The van der Waals surface area contributed by atoms with Crippen LogP contribution in [0.4, 0.5) is 10.1 Å². The van der Waals surface area contributed by atoms with E-state index in [0.717, 1.165) is 6.07 Å². The lowest BCUT2D eigenvalue weighted by atomic mass is 10.0. The van der Waals surface area contributed by atoms with Crippen LogP contribution in [0, 0.1) is 15.9 Å². The van der Waals surface area contributed by atoms with Crippen molar-refractivity contribution in [2.45, 2.75) is 0 Å². The lowest BCUT2D eigenvalue weighted by Gasteiger charge is -2.04. The normalized spacial score (nSPS) is 10.4. The van der Waals surface area contributed by atoms with E-state index in [0.29, 0.717) is 0 Å². The number of aromatic nitrogens is 1. The number of fused-ring (bicyclic) bond motifs is 1. The van der Waals surface area contributed by atoms with Crippen LogP contribution in [-0.4, -0.2) is 21.0 Å². The molecule has 1 aromatic heterocycles. The highest BCUT2D eigenvalue weighted by molar-refractivity contribution is 6.04. The molecular formula is C10H5FN2O4. The van der Waals surface area contributed by atoms with Crippen molar-refractivity contribution in [3.8, 4) is 0 Å². The van der Waals surface area contributed by atoms with Crippen molar-refractivity contribution in [3.63, 3.8) is 0 Å². The predicted octanol–water partition coefficient (Wildman–Crippen LogP) is 1.98. The molecule has 0 saturated heterocycles. The Morgan fingerprint density at radius 3 is 2.82 bits per heavy atom. The second-order valence-electron chi connectivity index (χ2n) is 3.24. The van der Waals surface area contributed by atoms with E-state index in [1.54, 1.807) is 0 Å². The van der Waals surface area contributed by atoms with E-state index < -0.39 is 28.0 Å². The average Bonchev–Trinajstić information content (AvgIpc) is 2.27. The summed E-state index contributed by atoms with van der Waals surface area (Å²) in [6.45, 7) is 0. The first kappa shape index (κ1) is 10.9. The zero-order chi connectivity index (χ0) is 12.6. The highest BCUT2D eigenvalue weighted by Crippen LogP contribution is 2.28. The van der Waals surface area contributed by atoms with E-state index in [4.69, 9.17) is 5.11 Å². The maximum absolute atomic E-state index is 13.7. The third-order valence-corrected chi connectivity index (χ3v) is 2.27. The van der Waals surface area contributed by atoms with Gasteiger partial charge in [-0.05, 0) is 6.07 Å². The molecular weight excluding hydrogens is 231 g/mol. The highest BCUT2D eigenvalue weighted by Gasteiger charge is 2.25. The number of rotatable bonds is 2. The fourth-order valence-corrected chi connectivity index (χ4v) is 1.55. The minimum absolute atomic E-state index is 0.0793. The zero-order valence-corrected chi connectivity index (χ0v) is 8.25. The zero-order valence-electron chi connectivity index (χ0n) is 8.25. The van der Waals surface area contributed by atoms with E-state index in [2.05, 4.69) is 4.98 Å². The van der Waals surface area contributed by atoms with E-state index in [-0.39, 0.29) is 10.8 Å². The molecule has 0 unspecified atom stereocenters. The quantitative estimate of drug-likeness (QED) is 0.635. The van der Waals surface area contributed by atoms with Crippen LogP contribution >= 0.6 is 0 Å². The molecule has 1 aromatic carbocycles. The van der Waals surface area contributed by atoms with Crippen LogP contribution < -0.4 is 0 Å². The molecule has 1 heterocycles. The molecule has 0 amide bonds. The number of pyridine rings is 1. The van der Waals surface area contributed by atoms with Crippen molar-refractivity contribution in [1.82, 2.24) is 4.98 Å². The molecule has 1 N–H and O–H groups in total. The number of halogens is 1. The van der Waals surface area contributed by atoms with Gasteiger partial charge < -0.3 is 5.11 Å². The summed E-state index contributed by atoms with van der Waals surface area (Å²) < 4.78 is 13.7. The first-order valence-corrected chi connectivity index (χ1v) is 4.46. The summed E-state index contributed by atoms with van der Waals surface area (Å²) in [5.41, 5.74) is -1.58. The molecule has 0 aliphatic heterocycles. The van der Waals surface area contributed by atoms with Crippen molar-refractivity contribution < 1.29 is 19.2 Å². The Morgan fingerprint density at radius 2 is 2.24 bits per heavy atom. The monoisotopic (exact) mass is 236 g/mol. The van der Waals surface area contributed by atoms with Gasteiger partial charge in [0, 0.05) is 29.2 Å². The van der Waals surface area contributed by atoms with Crippen LogP contribution in [0.15, 0.2) is 24.5 Å². The Morgan fingerprint density at radius 1 is 1.53 bits per heavy atom. The Balaban J connectivity index is 2.95. The number of nitrogens with zero attached hydrogens (tertiary/aromatic N) is 2. The van der Waals surface area contributed by atoms with Gasteiger partial charge in [-0.25, -0.2) is 4.79 Å². The van der Waals surface area contributed by atoms with E-state index in [9.17, 15) is 19.3 Å². The molecule has 17 heavy (non-hydrogen) atoms. The molecule has 86 valence electrons. The van der Waals surface area contributed by atoms with Crippen molar-refractivity contribution in [1.29, 1.82) is 0 Å². The number of carboxylic acid groups (broad SMARTS) is 1. The van der Waals surface area contributed by atoms with Gasteiger partial charge in [0.2, 0.25) is 5.82 Å². The molecule has 7 heteroatoms. The number of nitro groups is 1. The molecule has 0 radical (unpaired) electrons. The van der Waals surface area contributed by atoms with Gasteiger partial charge in [-0.2, -0.15) is 4.39 Å². The van der Waals surface area contributed by atoms with Gasteiger partial charge in [-0.1, -0.05) is 0 Å². The fraction of sp³-hybridized carbons (Fsp3) is 0. The molecule has 0 atom stereocenters. The van der Waals surface area contributed by atoms with Crippen molar-refractivity contribution in [2.24, 2.45) is 0 Å². The number of carboxylic acids is 1. The second kappa shape index (κ2) is 3.78. The van der Waals surface area contributed by atoms with Crippen LogP contribution in [0.25, 0.3) is 10.8 Å². The molecule has 0 fully saturated rings. The SMILES string of the molecule is O=C(O)c1c(F)c([N+](=O)[O-])cc2cnccc12. The largest absolute Gasteiger partial charge is 0.478 e. The molecule has 0 aliphatic carbocycles. The number of benzene rings is 1. The van der Waals surface area contributed by atoms with Gasteiger partial charge in [0.1, 0.15) is 5.56 Å². The minimum atomic E-state index is -1.55. The summed E-state index contributed by atoms with van der Waals surface area (Å²) in [6.07, 6.45) is 2.54. The minimum Gasteiger partial charge on any atom is -0.478 e. The molecule has 0 bridgehead atoms. The van der Waals surface area contributed by atoms with Crippen LogP contribution in [0.5, 0.6) is 0 Å². The Kier molecular flexibility index (Phi) is 2.43. The number of carbonyl (C=O) groups is 1. The summed E-state index contributed by atoms with van der Waals surface area (Å²) in [6, 6.07) is 2.26. The molecule has 2 rings (SSSR count). The Hall–Kier alpha value is -2.57. The number of hydrogen-bond acceptors (Lipinski definition) is 4. The standard InChI is InChI=1S/C10H5FN2O4/c11-9-7(13(16)17)3-5-4-12-2-1-6(5)8(9)10(14)15/h1-4H,(H,14,15). The van der Waals surface area contributed by atoms with Crippen molar-refractivity contribution in [2.75, 3.05) is 0 Å². The Bertz CT molecular complexity index is 641. The third-order valence-electron chi connectivity index (χ3n) is 2.27. The maximum atomic E-state index is 13.7. The van der Waals surface area contributed by atoms with Crippen molar-refractivity contribution >= 4 is 22.4 Å². The van der Waals surface area contributed by atoms with Crippen LogP contribution in [0.2, 0.25) is 0 Å². The highest BCUT2D eigenvalue weighted by atomic mass is 19.1. The second-order valence-corrected chi connectivity index (χ2v) is 3.24. The molecule has 0 aliphatic rings.